The highest BCUT2D eigenvalue weighted by atomic mass is 32.2. The monoisotopic (exact) mass is 263 g/mol. The zero-order valence-electron chi connectivity index (χ0n) is 10.9. The van der Waals surface area contributed by atoms with Gasteiger partial charge in [0.25, 0.3) is 10.2 Å². The third-order valence-corrected chi connectivity index (χ3v) is 4.68. The van der Waals surface area contributed by atoms with Gasteiger partial charge in [0.05, 0.1) is 0 Å². The summed E-state index contributed by atoms with van der Waals surface area (Å²) in [6.07, 6.45) is 3.84. The van der Waals surface area contributed by atoms with Gasteiger partial charge in [-0.2, -0.15) is 17.4 Å². The molecular formula is C11H25N3O2S. The number of rotatable bonds is 9. The Hall–Kier alpha value is -0.170. The van der Waals surface area contributed by atoms with Crippen molar-refractivity contribution in [2.24, 2.45) is 11.7 Å². The van der Waals surface area contributed by atoms with Gasteiger partial charge in [-0.15, -0.1) is 0 Å². The lowest BCUT2D eigenvalue weighted by atomic mass is 10.2. The van der Waals surface area contributed by atoms with Gasteiger partial charge >= 0.3 is 0 Å². The number of hydrogen-bond acceptors (Lipinski definition) is 3. The van der Waals surface area contributed by atoms with Crippen molar-refractivity contribution in [1.82, 2.24) is 9.03 Å². The summed E-state index contributed by atoms with van der Waals surface area (Å²) in [5.41, 5.74) is 5.62. The molecule has 0 spiro atoms. The molecule has 1 atom stereocenters. The lowest BCUT2D eigenvalue weighted by molar-refractivity contribution is 0.391. The van der Waals surface area contributed by atoms with Crippen LogP contribution in [-0.4, -0.2) is 38.4 Å². The van der Waals surface area contributed by atoms with E-state index >= 15 is 0 Å². The summed E-state index contributed by atoms with van der Waals surface area (Å²) in [7, 11) is -3.36. The van der Waals surface area contributed by atoms with E-state index in [1.54, 1.807) is 0 Å². The quantitative estimate of drug-likeness (QED) is 0.642. The highest BCUT2D eigenvalue weighted by molar-refractivity contribution is 7.87. The fourth-order valence-electron chi connectivity index (χ4n) is 1.95. The average molecular weight is 263 g/mol. The molecular weight excluding hydrogens is 238 g/mol. The third kappa shape index (κ3) is 4.54. The molecule has 0 aromatic heterocycles. The maximum absolute atomic E-state index is 12.2. The molecule has 0 aromatic rings. The van der Waals surface area contributed by atoms with E-state index in [0.29, 0.717) is 25.6 Å². The van der Waals surface area contributed by atoms with Crippen LogP contribution in [0.1, 0.15) is 39.5 Å². The van der Waals surface area contributed by atoms with Crippen LogP contribution in [0.3, 0.4) is 0 Å². The summed E-state index contributed by atoms with van der Waals surface area (Å²) >= 11 is 0. The van der Waals surface area contributed by atoms with Crippen LogP contribution < -0.4 is 10.5 Å². The first kappa shape index (κ1) is 14.9. The molecule has 1 unspecified atom stereocenters. The fraction of sp³-hybridized carbons (Fsp3) is 1.00. The van der Waals surface area contributed by atoms with Crippen LogP contribution in [0.25, 0.3) is 0 Å². The zero-order chi connectivity index (χ0) is 12.9. The summed E-state index contributed by atoms with van der Waals surface area (Å²) in [5.74, 6) is 0.444. The Morgan fingerprint density at radius 1 is 1.29 bits per heavy atom. The minimum absolute atomic E-state index is 0.0868. The summed E-state index contributed by atoms with van der Waals surface area (Å²) in [5, 5.41) is 0. The maximum Gasteiger partial charge on any atom is 0.279 e. The van der Waals surface area contributed by atoms with Crippen molar-refractivity contribution < 1.29 is 8.42 Å². The number of nitrogens with zero attached hydrogens (tertiary/aromatic N) is 1. The van der Waals surface area contributed by atoms with Gasteiger partial charge in [0.15, 0.2) is 0 Å². The van der Waals surface area contributed by atoms with Crippen molar-refractivity contribution in [1.29, 1.82) is 0 Å². The molecule has 0 radical (unpaired) electrons. The molecule has 0 aromatic carbocycles. The van der Waals surface area contributed by atoms with Gasteiger partial charge in [-0.25, -0.2) is 0 Å². The lowest BCUT2D eigenvalue weighted by Gasteiger charge is -2.24. The fourth-order valence-corrected chi connectivity index (χ4v) is 3.62. The van der Waals surface area contributed by atoms with E-state index < -0.39 is 10.2 Å². The van der Waals surface area contributed by atoms with Gasteiger partial charge in [0.1, 0.15) is 0 Å². The van der Waals surface area contributed by atoms with Crippen LogP contribution in [0.15, 0.2) is 0 Å². The highest BCUT2D eigenvalue weighted by Gasteiger charge is 2.34. The van der Waals surface area contributed by atoms with Crippen LogP contribution in [0.5, 0.6) is 0 Å². The van der Waals surface area contributed by atoms with E-state index in [2.05, 4.69) is 4.72 Å². The Morgan fingerprint density at radius 3 is 2.18 bits per heavy atom. The van der Waals surface area contributed by atoms with Crippen LogP contribution in [0, 0.1) is 5.92 Å². The Kier molecular flexibility index (Phi) is 5.85. The van der Waals surface area contributed by atoms with E-state index in [1.165, 1.54) is 4.31 Å². The highest BCUT2D eigenvalue weighted by Crippen LogP contribution is 2.32. The molecule has 0 heterocycles. The second-order valence-corrected chi connectivity index (χ2v) is 6.40. The molecule has 0 aliphatic heterocycles. The summed E-state index contributed by atoms with van der Waals surface area (Å²) < 4.78 is 28.6. The van der Waals surface area contributed by atoms with E-state index in [0.717, 1.165) is 25.7 Å². The summed E-state index contributed by atoms with van der Waals surface area (Å²) in [6, 6.07) is -0.0868. The Balaban J connectivity index is 2.62. The van der Waals surface area contributed by atoms with Crippen molar-refractivity contribution >= 4 is 10.2 Å². The standard InChI is InChI=1S/C11H25N3O2S/c1-3-7-14(8-4-2)17(15,16)13-11(9-12)10-5-6-10/h10-11,13H,3-9,12H2,1-2H3. The first-order valence-corrected chi connectivity index (χ1v) is 7.96. The van der Waals surface area contributed by atoms with Crippen molar-refractivity contribution in [2.45, 2.75) is 45.6 Å². The molecule has 6 heteroatoms. The van der Waals surface area contributed by atoms with E-state index in [1.807, 2.05) is 13.8 Å². The van der Waals surface area contributed by atoms with Crippen LogP contribution in [-0.2, 0) is 10.2 Å². The Morgan fingerprint density at radius 2 is 1.82 bits per heavy atom. The Labute approximate surface area is 105 Å². The van der Waals surface area contributed by atoms with E-state index in [9.17, 15) is 8.42 Å². The molecule has 1 saturated carbocycles. The van der Waals surface area contributed by atoms with Crippen molar-refractivity contribution in [3.63, 3.8) is 0 Å². The van der Waals surface area contributed by atoms with Crippen LogP contribution in [0.2, 0.25) is 0 Å². The first-order chi connectivity index (χ1) is 8.05. The van der Waals surface area contributed by atoms with Crippen molar-refractivity contribution in [2.75, 3.05) is 19.6 Å². The minimum atomic E-state index is -3.36. The number of hydrogen-bond donors (Lipinski definition) is 2. The number of nitrogens with two attached hydrogens (primary N) is 1. The van der Waals surface area contributed by atoms with E-state index in [-0.39, 0.29) is 6.04 Å². The van der Waals surface area contributed by atoms with Crippen LogP contribution >= 0.6 is 0 Å². The topological polar surface area (TPSA) is 75.4 Å². The van der Waals surface area contributed by atoms with Gasteiger partial charge in [-0.1, -0.05) is 13.8 Å². The molecule has 102 valence electrons. The normalized spacial score (nSPS) is 18.6. The van der Waals surface area contributed by atoms with Gasteiger partial charge < -0.3 is 5.73 Å². The van der Waals surface area contributed by atoms with E-state index in [4.69, 9.17) is 5.73 Å². The van der Waals surface area contributed by atoms with Gasteiger partial charge in [0.2, 0.25) is 0 Å². The SMILES string of the molecule is CCCN(CCC)S(=O)(=O)NC(CN)C1CC1. The largest absolute Gasteiger partial charge is 0.329 e. The average Bonchev–Trinajstić information content (AvgIpc) is 3.09. The summed E-state index contributed by atoms with van der Waals surface area (Å²) in [6.45, 7) is 5.51. The second-order valence-electron chi connectivity index (χ2n) is 4.70. The Bertz CT molecular complexity index is 309. The molecule has 1 aliphatic carbocycles. The molecule has 0 amide bonds. The van der Waals surface area contributed by atoms with Gasteiger partial charge in [-0.05, 0) is 31.6 Å². The molecule has 0 saturated heterocycles. The van der Waals surface area contributed by atoms with Gasteiger partial charge in [0, 0.05) is 25.7 Å². The lowest BCUT2D eigenvalue weighted by Crippen LogP contribution is -2.49. The van der Waals surface area contributed by atoms with Crippen LogP contribution in [0.4, 0.5) is 0 Å². The predicted octanol–water partition coefficient (Wildman–Crippen LogP) is 0.680. The van der Waals surface area contributed by atoms with Gasteiger partial charge in [-0.3, -0.25) is 0 Å². The maximum atomic E-state index is 12.2. The predicted molar refractivity (Wildman–Crippen MR) is 69.8 cm³/mol. The minimum Gasteiger partial charge on any atom is -0.329 e. The molecule has 0 bridgehead atoms. The molecule has 5 nitrogen and oxygen atoms in total. The summed E-state index contributed by atoms with van der Waals surface area (Å²) in [4.78, 5) is 0. The first-order valence-electron chi connectivity index (χ1n) is 6.52. The smallest absolute Gasteiger partial charge is 0.279 e. The van der Waals surface area contributed by atoms with Crippen molar-refractivity contribution in [3.05, 3.63) is 0 Å². The molecule has 3 N–H and O–H groups in total. The zero-order valence-corrected chi connectivity index (χ0v) is 11.7. The molecule has 1 rings (SSSR count). The molecule has 17 heavy (non-hydrogen) atoms. The third-order valence-electron chi connectivity index (χ3n) is 3.03. The number of nitrogens with one attached hydrogen (secondary N) is 1. The second kappa shape index (κ2) is 6.68. The van der Waals surface area contributed by atoms with Crippen molar-refractivity contribution in [3.8, 4) is 0 Å². The molecule has 1 fully saturated rings. The molecule has 1 aliphatic rings.